The number of carbonyl (C=O) groups is 4. The second-order valence-corrected chi connectivity index (χ2v) is 21.7. The average Bonchev–Trinajstić information content (AvgIpc) is 4.54. The van der Waals surface area contributed by atoms with Gasteiger partial charge in [0.15, 0.2) is 10.7 Å². The third-order valence-electron chi connectivity index (χ3n) is 14.9. The van der Waals surface area contributed by atoms with E-state index in [9.17, 15) is 19.2 Å². The van der Waals surface area contributed by atoms with Gasteiger partial charge in [0.25, 0.3) is 0 Å². The van der Waals surface area contributed by atoms with E-state index in [1.807, 2.05) is 0 Å². The Morgan fingerprint density at radius 1 is 0.420 bits per heavy atom. The molecule has 0 radical (unpaired) electrons. The van der Waals surface area contributed by atoms with E-state index in [0.717, 1.165) is 11.3 Å². The van der Waals surface area contributed by atoms with Crippen molar-refractivity contribution in [3.8, 4) is 0 Å². The third kappa shape index (κ3) is 8.12. The first-order valence-electron chi connectivity index (χ1n) is 25.6. The Balaban J connectivity index is 1.03. The molecule has 3 aliphatic rings. The fourth-order valence-corrected chi connectivity index (χ4v) is 14.1. The van der Waals surface area contributed by atoms with Crippen LogP contribution in [0.2, 0.25) is 0 Å². The van der Waals surface area contributed by atoms with Crippen LogP contribution in [-0.2, 0) is 76.4 Å². The lowest BCUT2D eigenvalue weighted by Crippen LogP contribution is -2.47. The van der Waals surface area contributed by atoms with E-state index in [-0.39, 0.29) is 76.9 Å². The number of ether oxygens (including phenoxy) is 4. The van der Waals surface area contributed by atoms with Crippen LogP contribution in [0.1, 0.15) is 43.1 Å². The van der Waals surface area contributed by atoms with E-state index < -0.39 is 67.1 Å². The average molecular weight is 1110 g/mol. The van der Waals surface area contributed by atoms with E-state index in [0.29, 0.717) is 52.5 Å². The number of rotatable bonds is 14. The maximum atomic E-state index is 15.6. The van der Waals surface area contributed by atoms with Gasteiger partial charge in [-0.15, -0.1) is 22.7 Å². The molecule has 0 bridgehead atoms. The largest absolute Gasteiger partial charge is 0.459 e. The summed E-state index contributed by atoms with van der Waals surface area (Å²) in [5, 5.41) is -0.607. The van der Waals surface area contributed by atoms with Gasteiger partial charge in [0, 0.05) is 48.9 Å². The van der Waals surface area contributed by atoms with Crippen LogP contribution < -0.4 is 32.4 Å². The van der Waals surface area contributed by atoms with Crippen molar-refractivity contribution in [1.82, 2.24) is 0 Å². The molecule has 81 heavy (non-hydrogen) atoms. The molecular formula is C65H40N2O12S2. The Bertz CT molecular complexity index is 4520. The van der Waals surface area contributed by atoms with Crippen LogP contribution in [-0.4, -0.2) is 23.9 Å². The van der Waals surface area contributed by atoms with Crippen LogP contribution in [0.4, 0.5) is 0 Å². The molecule has 0 atom stereocenters. The number of fused-ring (bicyclic) bond motifs is 8. The molecule has 394 valence electrons. The highest BCUT2D eigenvalue weighted by atomic mass is 32.1. The summed E-state index contributed by atoms with van der Waals surface area (Å²) >= 11 is 2.26. The van der Waals surface area contributed by atoms with E-state index in [4.69, 9.17) is 28.9 Å². The molecule has 2 aromatic heterocycles. The number of hydrogen-bond acceptors (Lipinski definition) is 16. The summed E-state index contributed by atoms with van der Waals surface area (Å²) in [4.78, 5) is 129. The van der Waals surface area contributed by atoms with Crippen molar-refractivity contribution < 1.29 is 38.1 Å². The first-order valence-corrected chi connectivity index (χ1v) is 27.3. The summed E-state index contributed by atoms with van der Waals surface area (Å²) in [5.74, 6) is -4.44. The van der Waals surface area contributed by atoms with Crippen LogP contribution in [0.15, 0.2) is 222 Å². The highest BCUT2D eigenvalue weighted by Gasteiger charge is 2.64. The van der Waals surface area contributed by atoms with Crippen LogP contribution >= 0.6 is 22.7 Å². The normalized spacial score (nSPS) is 14.5. The van der Waals surface area contributed by atoms with E-state index in [1.54, 1.807) is 146 Å². The van der Waals surface area contributed by atoms with Crippen molar-refractivity contribution in [3.05, 3.63) is 288 Å². The Kier molecular flexibility index (Phi) is 12.5. The van der Waals surface area contributed by atoms with Crippen molar-refractivity contribution in [1.29, 1.82) is 0 Å². The molecule has 0 saturated carbocycles. The quantitative estimate of drug-likeness (QED) is 0.0573. The molecule has 13 rings (SSSR count). The summed E-state index contributed by atoms with van der Waals surface area (Å²) in [5.41, 5.74) is -4.95. The lowest BCUT2D eigenvalue weighted by molar-refractivity contribution is -0.167. The molecule has 0 amide bonds. The zero-order valence-electron chi connectivity index (χ0n) is 42.5. The lowest BCUT2D eigenvalue weighted by Gasteiger charge is -2.29. The van der Waals surface area contributed by atoms with Gasteiger partial charge in [0.2, 0.25) is 32.5 Å². The maximum Gasteiger partial charge on any atom is 0.334 e. The fraction of sp³-hybridized carbons (Fsp3) is 0.108. The standard InChI is InChI=1S/C65H40N2O12S2/c68-53-41-25-13-14-26-42(41)54(69)51(53)66-47-30-40-29-45-57(49(40)64(47,60(72)76-32-36-17-5-1-6-18-36)61(73)77-33-37-19-7-2-8-20-37)81-59-50-46(80-58(45)59)31-48(67-52-55(70)43-27-15-16-28-44(43)56(52)71)65(50,62(74)78-34-38-21-9-3-10-22-38)63(75)79-35-39-23-11-4-12-24-39/h1-28,30-31H,29,32-35H2. The number of esters is 4. The maximum absolute atomic E-state index is 15.6. The van der Waals surface area contributed by atoms with Crippen molar-refractivity contribution in [3.63, 3.8) is 0 Å². The Labute approximate surface area is 466 Å². The molecule has 3 aliphatic carbocycles. The van der Waals surface area contributed by atoms with Gasteiger partial charge in [-0.2, -0.15) is 0 Å². The highest BCUT2D eigenvalue weighted by Crippen LogP contribution is 2.62. The molecule has 16 heteroatoms. The number of nitrogens with zero attached hydrogens (tertiary/aromatic N) is 2. The topological polar surface area (TPSA) is 198 Å². The molecule has 0 spiro atoms. The molecule has 10 aromatic rings. The Morgan fingerprint density at radius 3 is 1.15 bits per heavy atom. The summed E-state index contributed by atoms with van der Waals surface area (Å²) < 4.78 is 25.5. The predicted octanol–water partition coefficient (Wildman–Crippen LogP) is 8.42. The predicted molar refractivity (Wildman–Crippen MR) is 304 cm³/mol. The van der Waals surface area contributed by atoms with Crippen molar-refractivity contribution >= 4 is 89.1 Å². The second-order valence-electron chi connectivity index (χ2n) is 19.6. The van der Waals surface area contributed by atoms with Gasteiger partial charge in [0.05, 0.1) is 20.8 Å². The van der Waals surface area contributed by atoms with E-state index >= 15 is 19.2 Å². The van der Waals surface area contributed by atoms with Gasteiger partial charge in [-0.1, -0.05) is 170 Å². The molecule has 8 aromatic carbocycles. The number of carbonyl (C=O) groups excluding carboxylic acids is 4. The SMILES string of the molecule is O=C(OCc1ccccc1)C1(C(=O)OCc2ccccc2)C(N=c2c(=O)c3ccccc3c2=O)=CC2=C1c1sc3c4c(sc3c1C2)C=C(N=c1c(=O)c2ccccc2c1=O)C4(C(=O)OCc1ccccc1)C(=O)OCc1ccccc1. The van der Waals surface area contributed by atoms with Crippen molar-refractivity contribution in [2.75, 3.05) is 0 Å². The minimum Gasteiger partial charge on any atom is -0.459 e. The molecule has 0 fully saturated rings. The van der Waals surface area contributed by atoms with Gasteiger partial charge >= 0.3 is 23.9 Å². The fourth-order valence-electron chi connectivity index (χ4n) is 11.0. The summed E-state index contributed by atoms with van der Waals surface area (Å²) in [6.45, 7) is -1.19. The minimum absolute atomic E-state index is 0.0598. The van der Waals surface area contributed by atoms with Crippen molar-refractivity contribution in [2.45, 2.75) is 38.3 Å². The van der Waals surface area contributed by atoms with Gasteiger partial charge in [-0.3, -0.25) is 38.4 Å². The zero-order chi connectivity index (χ0) is 55.6. The smallest absolute Gasteiger partial charge is 0.334 e. The number of hydrogen-bond donors (Lipinski definition) is 0. The molecule has 0 aliphatic heterocycles. The number of benzene rings is 6. The molecule has 0 unspecified atom stereocenters. The number of thiophene rings is 2. The Morgan fingerprint density at radius 2 is 0.765 bits per heavy atom. The molecular weight excluding hydrogens is 1060 g/mol. The highest BCUT2D eigenvalue weighted by molar-refractivity contribution is 7.29. The molecule has 0 N–H and O–H groups in total. The van der Waals surface area contributed by atoms with Gasteiger partial charge in [-0.05, 0) is 45.5 Å². The van der Waals surface area contributed by atoms with Crippen LogP contribution in [0, 0.1) is 5.41 Å². The van der Waals surface area contributed by atoms with Gasteiger partial charge in [-0.25, -0.2) is 9.98 Å². The Hall–Kier alpha value is -9.90. The van der Waals surface area contributed by atoms with E-state index in [1.165, 1.54) is 47.8 Å². The molecule has 2 heterocycles. The summed E-state index contributed by atoms with van der Waals surface area (Å²) in [6, 6.07) is 47.7. The van der Waals surface area contributed by atoms with Crippen LogP contribution in [0.5, 0.6) is 0 Å². The summed E-state index contributed by atoms with van der Waals surface area (Å²) in [6.07, 6.45) is 3.07. The zero-order valence-corrected chi connectivity index (χ0v) is 44.1. The minimum atomic E-state index is -2.58. The number of allylic oxidation sites excluding steroid dienone is 2. The molecule has 0 saturated heterocycles. The second kappa shape index (κ2) is 20.1. The first kappa shape index (κ1) is 50.6. The van der Waals surface area contributed by atoms with E-state index in [2.05, 4.69) is 0 Å². The molecule has 14 nitrogen and oxygen atoms in total. The van der Waals surface area contributed by atoms with Crippen molar-refractivity contribution in [2.24, 2.45) is 15.4 Å². The van der Waals surface area contributed by atoms with Crippen LogP contribution in [0.3, 0.4) is 0 Å². The van der Waals surface area contributed by atoms with Crippen LogP contribution in [0.25, 0.3) is 42.6 Å². The van der Waals surface area contributed by atoms with Gasteiger partial charge < -0.3 is 18.9 Å². The van der Waals surface area contributed by atoms with Gasteiger partial charge in [0.1, 0.15) is 26.4 Å². The first-order chi connectivity index (χ1) is 39.5. The summed E-state index contributed by atoms with van der Waals surface area (Å²) in [7, 11) is 0. The lowest BCUT2D eigenvalue weighted by atomic mass is 9.79. The monoisotopic (exact) mass is 1100 g/mol. The third-order valence-corrected chi connectivity index (χ3v) is 17.5.